The number of hydrogen-bond acceptors (Lipinski definition) is 6. The number of anilines is 1. The molecule has 0 aliphatic carbocycles. The summed E-state index contributed by atoms with van der Waals surface area (Å²) >= 11 is 0. The van der Waals surface area contributed by atoms with Crippen LogP contribution in [0.25, 0.3) is 0 Å². The quantitative estimate of drug-likeness (QED) is 0.287. The number of ether oxygens (including phenoxy) is 2. The van der Waals surface area contributed by atoms with Gasteiger partial charge in [0.05, 0.1) is 32.5 Å². The molecule has 0 bridgehead atoms. The average Bonchev–Trinajstić information content (AvgIpc) is 2.78. The molecule has 9 heteroatoms. The Kier molecular flexibility index (Phi) is 12.0. The lowest BCUT2D eigenvalue weighted by Gasteiger charge is -2.37. The summed E-state index contributed by atoms with van der Waals surface area (Å²) in [6.07, 6.45) is 2.19. The van der Waals surface area contributed by atoms with E-state index in [1.165, 1.54) is 0 Å². The summed E-state index contributed by atoms with van der Waals surface area (Å²) in [6, 6.07) is 4.68. The van der Waals surface area contributed by atoms with Crippen LogP contribution in [0.15, 0.2) is 23.3 Å². The molecule has 1 aromatic heterocycles. The Morgan fingerprint density at radius 2 is 1.97 bits per heavy atom. The second-order valence-electron chi connectivity index (χ2n) is 8.69. The molecule has 0 saturated carbocycles. The molecule has 3 rings (SSSR count). The third-order valence-corrected chi connectivity index (χ3v) is 5.90. The minimum Gasteiger partial charge on any atom is -0.379 e. The van der Waals surface area contributed by atoms with Gasteiger partial charge in [-0.1, -0.05) is 19.9 Å². The number of nitrogens with zero attached hydrogens (tertiary/aromatic N) is 4. The molecular formula is C23H41IN6O2. The van der Waals surface area contributed by atoms with Crippen LogP contribution >= 0.6 is 24.0 Å². The van der Waals surface area contributed by atoms with E-state index in [9.17, 15) is 0 Å². The van der Waals surface area contributed by atoms with E-state index in [-0.39, 0.29) is 30.1 Å². The van der Waals surface area contributed by atoms with Gasteiger partial charge in [-0.15, -0.1) is 24.0 Å². The van der Waals surface area contributed by atoms with E-state index in [4.69, 9.17) is 14.5 Å². The monoisotopic (exact) mass is 560 g/mol. The molecule has 2 N–H and O–H groups in total. The molecule has 32 heavy (non-hydrogen) atoms. The smallest absolute Gasteiger partial charge is 0.191 e. The molecule has 0 aromatic carbocycles. The van der Waals surface area contributed by atoms with Crippen molar-refractivity contribution in [3.05, 3.63) is 23.9 Å². The van der Waals surface area contributed by atoms with Crippen LogP contribution in [0.1, 0.15) is 33.3 Å². The van der Waals surface area contributed by atoms with Crippen LogP contribution in [0, 0.1) is 5.92 Å². The maximum atomic E-state index is 5.62. The van der Waals surface area contributed by atoms with Gasteiger partial charge < -0.3 is 25.0 Å². The van der Waals surface area contributed by atoms with Gasteiger partial charge in [0.15, 0.2) is 5.96 Å². The molecule has 0 amide bonds. The topological polar surface area (TPSA) is 74.2 Å². The van der Waals surface area contributed by atoms with Crippen molar-refractivity contribution in [2.75, 3.05) is 64.0 Å². The fourth-order valence-corrected chi connectivity index (χ4v) is 4.13. The van der Waals surface area contributed by atoms with Crippen molar-refractivity contribution in [3.8, 4) is 0 Å². The lowest BCUT2D eigenvalue weighted by atomic mass is 10.0. The molecule has 2 fully saturated rings. The molecule has 3 heterocycles. The minimum atomic E-state index is 0. The van der Waals surface area contributed by atoms with Crippen LogP contribution in [0.4, 0.5) is 5.82 Å². The Morgan fingerprint density at radius 1 is 1.19 bits per heavy atom. The van der Waals surface area contributed by atoms with Crippen LogP contribution in [-0.4, -0.2) is 87.1 Å². The number of morpholine rings is 2. The van der Waals surface area contributed by atoms with E-state index in [1.54, 1.807) is 0 Å². The third kappa shape index (κ3) is 8.31. The number of rotatable bonds is 8. The highest BCUT2D eigenvalue weighted by Crippen LogP contribution is 2.16. The van der Waals surface area contributed by atoms with Crippen molar-refractivity contribution in [2.24, 2.45) is 10.9 Å². The summed E-state index contributed by atoms with van der Waals surface area (Å²) in [4.78, 5) is 14.3. The van der Waals surface area contributed by atoms with E-state index in [0.29, 0.717) is 18.5 Å². The van der Waals surface area contributed by atoms with Gasteiger partial charge in [-0.2, -0.15) is 0 Å². The molecule has 2 saturated heterocycles. The SMILES string of the molecule is CCNC(=NCc1ccc(N2CCOC(C)C2)nc1)NCC(C(C)C)N1CCOCC1.I. The van der Waals surface area contributed by atoms with Crippen LogP contribution in [0.2, 0.25) is 0 Å². The summed E-state index contributed by atoms with van der Waals surface area (Å²) in [5.41, 5.74) is 1.11. The number of guanidine groups is 1. The van der Waals surface area contributed by atoms with Crippen molar-refractivity contribution >= 4 is 35.8 Å². The average molecular weight is 561 g/mol. The summed E-state index contributed by atoms with van der Waals surface area (Å²) in [5.74, 6) is 2.43. The fourth-order valence-electron chi connectivity index (χ4n) is 4.13. The lowest BCUT2D eigenvalue weighted by Crippen LogP contribution is -2.52. The van der Waals surface area contributed by atoms with E-state index in [0.717, 1.165) is 76.4 Å². The molecule has 2 unspecified atom stereocenters. The molecule has 2 atom stereocenters. The number of aromatic nitrogens is 1. The van der Waals surface area contributed by atoms with Gasteiger partial charge in [0.1, 0.15) is 5.82 Å². The van der Waals surface area contributed by atoms with E-state index in [2.05, 4.69) is 65.2 Å². The standard InChI is InChI=1S/C23H40N6O2.HI/c1-5-24-23(27-16-21(18(2)3)28-8-11-30-12-9-28)26-15-20-6-7-22(25-14-20)29-10-13-31-19(4)17-29;/h6-7,14,18-19,21H,5,8-13,15-17H2,1-4H3,(H2,24,26,27);1H. The first-order valence-electron chi connectivity index (χ1n) is 11.7. The Bertz CT molecular complexity index is 682. The highest BCUT2D eigenvalue weighted by molar-refractivity contribution is 14.0. The molecular weight excluding hydrogens is 519 g/mol. The Hall–Kier alpha value is -1.17. The van der Waals surface area contributed by atoms with Gasteiger partial charge in [-0.05, 0) is 31.4 Å². The number of hydrogen-bond donors (Lipinski definition) is 2. The Labute approximate surface area is 210 Å². The van der Waals surface area contributed by atoms with Gasteiger partial charge in [0.2, 0.25) is 0 Å². The highest BCUT2D eigenvalue weighted by Gasteiger charge is 2.24. The maximum Gasteiger partial charge on any atom is 0.191 e. The maximum absolute atomic E-state index is 5.62. The van der Waals surface area contributed by atoms with Gasteiger partial charge in [-0.3, -0.25) is 4.90 Å². The van der Waals surface area contributed by atoms with E-state index < -0.39 is 0 Å². The predicted octanol–water partition coefficient (Wildman–Crippen LogP) is 2.34. The van der Waals surface area contributed by atoms with Crippen molar-refractivity contribution < 1.29 is 9.47 Å². The first-order chi connectivity index (χ1) is 15.1. The van der Waals surface area contributed by atoms with Crippen LogP contribution in [0.5, 0.6) is 0 Å². The van der Waals surface area contributed by atoms with Crippen LogP contribution < -0.4 is 15.5 Å². The first-order valence-corrected chi connectivity index (χ1v) is 11.7. The fraction of sp³-hybridized carbons (Fsp3) is 0.739. The molecule has 182 valence electrons. The van der Waals surface area contributed by atoms with Crippen molar-refractivity contribution in [1.29, 1.82) is 0 Å². The summed E-state index contributed by atoms with van der Waals surface area (Å²) < 4.78 is 11.1. The lowest BCUT2D eigenvalue weighted by molar-refractivity contribution is 0.00752. The molecule has 0 radical (unpaired) electrons. The third-order valence-electron chi connectivity index (χ3n) is 5.90. The molecule has 0 spiro atoms. The molecule has 8 nitrogen and oxygen atoms in total. The second kappa shape index (κ2) is 14.2. The normalized spacial score (nSPS) is 21.2. The molecule has 1 aromatic rings. The van der Waals surface area contributed by atoms with Gasteiger partial charge in [0, 0.05) is 51.5 Å². The Balaban J connectivity index is 0.00000363. The number of halogens is 1. The molecule has 2 aliphatic heterocycles. The van der Waals surface area contributed by atoms with Gasteiger partial charge in [0.25, 0.3) is 0 Å². The second-order valence-corrected chi connectivity index (χ2v) is 8.69. The summed E-state index contributed by atoms with van der Waals surface area (Å²) in [5, 5.41) is 6.92. The zero-order valence-electron chi connectivity index (χ0n) is 20.0. The van der Waals surface area contributed by atoms with Crippen LogP contribution in [-0.2, 0) is 16.0 Å². The largest absolute Gasteiger partial charge is 0.379 e. The van der Waals surface area contributed by atoms with E-state index in [1.807, 2.05) is 6.20 Å². The summed E-state index contributed by atoms with van der Waals surface area (Å²) in [6.45, 7) is 17.3. The van der Waals surface area contributed by atoms with Crippen molar-refractivity contribution in [1.82, 2.24) is 20.5 Å². The number of nitrogens with one attached hydrogen (secondary N) is 2. The zero-order valence-corrected chi connectivity index (χ0v) is 22.4. The predicted molar refractivity (Wildman–Crippen MR) is 141 cm³/mol. The van der Waals surface area contributed by atoms with Crippen molar-refractivity contribution in [2.45, 2.75) is 46.4 Å². The molecule has 2 aliphatic rings. The summed E-state index contributed by atoms with van der Waals surface area (Å²) in [7, 11) is 0. The first kappa shape index (κ1) is 27.1. The van der Waals surface area contributed by atoms with Gasteiger partial charge in [-0.25, -0.2) is 9.98 Å². The zero-order chi connectivity index (χ0) is 22.1. The Morgan fingerprint density at radius 3 is 2.59 bits per heavy atom. The number of aliphatic imine (C=N–C) groups is 1. The van der Waals surface area contributed by atoms with Crippen molar-refractivity contribution in [3.63, 3.8) is 0 Å². The highest BCUT2D eigenvalue weighted by atomic mass is 127. The van der Waals surface area contributed by atoms with Crippen LogP contribution in [0.3, 0.4) is 0 Å². The van der Waals surface area contributed by atoms with E-state index >= 15 is 0 Å². The number of pyridine rings is 1. The van der Waals surface area contributed by atoms with Gasteiger partial charge >= 0.3 is 0 Å². The minimum absolute atomic E-state index is 0.